The Hall–Kier alpha value is -3.11. The fraction of sp³-hybridized carbons (Fsp3) is 0.333. The molecule has 4 aromatic heterocycles. The van der Waals surface area contributed by atoms with E-state index in [0.717, 1.165) is 47.1 Å². The second-order valence-corrected chi connectivity index (χ2v) is 9.01. The summed E-state index contributed by atoms with van der Waals surface area (Å²) >= 11 is 7.54. The molecule has 0 atom stereocenters. The van der Waals surface area contributed by atoms with Crippen LogP contribution >= 0.6 is 22.9 Å². The Morgan fingerprint density at radius 1 is 1.16 bits per heavy atom. The van der Waals surface area contributed by atoms with Gasteiger partial charge >= 0.3 is 0 Å². The third-order valence-electron chi connectivity index (χ3n) is 5.23. The summed E-state index contributed by atoms with van der Waals surface area (Å²) in [5.41, 5.74) is 2.05. The summed E-state index contributed by atoms with van der Waals surface area (Å²) < 4.78 is 6.72. The van der Waals surface area contributed by atoms with Crippen molar-refractivity contribution in [1.82, 2.24) is 29.9 Å². The van der Waals surface area contributed by atoms with E-state index in [2.05, 4.69) is 30.1 Å². The van der Waals surface area contributed by atoms with E-state index in [0.29, 0.717) is 22.6 Å². The summed E-state index contributed by atoms with van der Waals surface area (Å²) in [7, 11) is 0. The summed E-state index contributed by atoms with van der Waals surface area (Å²) in [5.74, 6) is 0.922. The molecule has 1 fully saturated rings. The van der Waals surface area contributed by atoms with Crippen LogP contribution in [0, 0.1) is 6.92 Å². The Morgan fingerprint density at radius 3 is 2.81 bits per heavy atom. The summed E-state index contributed by atoms with van der Waals surface area (Å²) in [5, 5.41) is 9.95. The number of thiazole rings is 1. The monoisotopic (exact) mass is 469 g/mol. The molecule has 4 aromatic rings. The van der Waals surface area contributed by atoms with Crippen molar-refractivity contribution in [2.75, 3.05) is 18.0 Å². The molecule has 5 rings (SSSR count). The van der Waals surface area contributed by atoms with Crippen molar-refractivity contribution in [1.29, 1.82) is 0 Å². The number of rotatable bonds is 5. The van der Waals surface area contributed by atoms with E-state index in [1.54, 1.807) is 18.5 Å². The van der Waals surface area contributed by atoms with Gasteiger partial charge in [-0.3, -0.25) is 9.78 Å². The van der Waals surface area contributed by atoms with Crippen molar-refractivity contribution < 1.29 is 4.52 Å². The largest absolute Gasteiger partial charge is 0.338 e. The summed E-state index contributed by atoms with van der Waals surface area (Å²) in [6.45, 7) is 3.85. The maximum absolute atomic E-state index is 12.4. The van der Waals surface area contributed by atoms with Gasteiger partial charge in [-0.05, 0) is 43.5 Å². The van der Waals surface area contributed by atoms with Crippen molar-refractivity contribution in [2.45, 2.75) is 32.7 Å². The standard InChI is InChI=1S/C21H20ClN7O2S/c1-13-19(32-20(24-13)14-9-15(22)11-23-10-14)16-5-6-18(30)29(26-16)12-17-25-21(27-31-17)28-7-3-2-4-8-28/h5-6,9-11H,2-4,7-8,12H2,1H3. The number of aryl methyl sites for hydroxylation is 1. The van der Waals surface area contributed by atoms with E-state index in [4.69, 9.17) is 16.1 Å². The van der Waals surface area contributed by atoms with Crippen LogP contribution in [0.1, 0.15) is 30.8 Å². The van der Waals surface area contributed by atoms with Crippen LogP contribution in [0.5, 0.6) is 0 Å². The van der Waals surface area contributed by atoms with Crippen LogP contribution < -0.4 is 10.5 Å². The maximum Gasteiger partial charge on any atom is 0.267 e. The van der Waals surface area contributed by atoms with Crippen LogP contribution in [0.2, 0.25) is 5.02 Å². The fourth-order valence-corrected chi connectivity index (χ4v) is 4.82. The molecule has 0 aromatic carbocycles. The van der Waals surface area contributed by atoms with Gasteiger partial charge in [0.1, 0.15) is 17.2 Å². The van der Waals surface area contributed by atoms with Gasteiger partial charge in [0.25, 0.3) is 11.5 Å². The highest BCUT2D eigenvalue weighted by Gasteiger charge is 2.18. The van der Waals surface area contributed by atoms with Crippen LogP contribution in [0.3, 0.4) is 0 Å². The minimum atomic E-state index is -0.243. The molecule has 0 amide bonds. The van der Waals surface area contributed by atoms with Gasteiger partial charge in [0, 0.05) is 37.1 Å². The molecule has 0 spiro atoms. The Morgan fingerprint density at radius 2 is 2.00 bits per heavy atom. The molecule has 0 aliphatic carbocycles. The van der Waals surface area contributed by atoms with Crippen LogP contribution in [0.4, 0.5) is 5.95 Å². The normalized spacial score (nSPS) is 14.1. The quantitative estimate of drug-likeness (QED) is 0.434. The van der Waals surface area contributed by atoms with E-state index in [9.17, 15) is 4.79 Å². The lowest BCUT2D eigenvalue weighted by atomic mass is 10.1. The maximum atomic E-state index is 12.4. The molecule has 164 valence electrons. The number of piperidine rings is 1. The van der Waals surface area contributed by atoms with Crippen LogP contribution in [-0.2, 0) is 6.54 Å². The first-order valence-corrected chi connectivity index (χ1v) is 11.5. The third-order valence-corrected chi connectivity index (χ3v) is 6.66. The Bertz CT molecular complexity index is 1310. The number of hydrogen-bond donors (Lipinski definition) is 0. The smallest absolute Gasteiger partial charge is 0.267 e. The fourth-order valence-electron chi connectivity index (χ4n) is 3.63. The lowest BCUT2D eigenvalue weighted by Gasteiger charge is -2.24. The van der Waals surface area contributed by atoms with Gasteiger partial charge in [-0.1, -0.05) is 11.6 Å². The molecule has 0 bridgehead atoms. The van der Waals surface area contributed by atoms with E-state index >= 15 is 0 Å². The molecule has 0 unspecified atom stereocenters. The first-order valence-electron chi connectivity index (χ1n) is 10.3. The molecule has 0 N–H and O–H groups in total. The molecule has 0 saturated carbocycles. The zero-order valence-corrected chi connectivity index (χ0v) is 18.9. The molecular weight excluding hydrogens is 450 g/mol. The van der Waals surface area contributed by atoms with E-state index in [1.807, 2.05) is 13.0 Å². The van der Waals surface area contributed by atoms with Gasteiger partial charge in [-0.2, -0.15) is 10.1 Å². The minimum absolute atomic E-state index is 0.108. The Balaban J connectivity index is 1.41. The van der Waals surface area contributed by atoms with Gasteiger partial charge in [0.2, 0.25) is 5.89 Å². The number of halogens is 1. The highest BCUT2D eigenvalue weighted by atomic mass is 35.5. The summed E-state index contributed by atoms with van der Waals surface area (Å²) in [6, 6.07) is 5.01. The van der Waals surface area contributed by atoms with Crippen molar-refractivity contribution in [2.24, 2.45) is 0 Å². The SMILES string of the molecule is Cc1nc(-c2cncc(Cl)c2)sc1-c1ccc(=O)n(Cc2nc(N3CCCCC3)no2)n1. The van der Waals surface area contributed by atoms with Crippen LogP contribution in [0.25, 0.3) is 21.1 Å². The molecule has 32 heavy (non-hydrogen) atoms. The molecule has 0 radical (unpaired) electrons. The highest BCUT2D eigenvalue weighted by molar-refractivity contribution is 7.18. The minimum Gasteiger partial charge on any atom is -0.338 e. The zero-order valence-electron chi connectivity index (χ0n) is 17.4. The van der Waals surface area contributed by atoms with Crippen LogP contribution in [-0.4, -0.2) is 43.0 Å². The molecule has 5 heterocycles. The summed E-state index contributed by atoms with van der Waals surface area (Å²) in [6.07, 6.45) is 6.76. The number of anilines is 1. The van der Waals surface area contributed by atoms with Crippen molar-refractivity contribution in [3.05, 3.63) is 57.6 Å². The van der Waals surface area contributed by atoms with Crippen molar-refractivity contribution in [3.8, 4) is 21.1 Å². The first kappa shape index (κ1) is 20.8. The van der Waals surface area contributed by atoms with Crippen molar-refractivity contribution >= 4 is 28.9 Å². The molecular formula is C21H20ClN7O2S. The topological polar surface area (TPSA) is 103 Å². The molecule has 1 aliphatic heterocycles. The third kappa shape index (κ3) is 4.28. The number of aromatic nitrogens is 6. The first-order chi connectivity index (χ1) is 15.6. The van der Waals surface area contributed by atoms with Gasteiger partial charge in [0.05, 0.1) is 15.6 Å². The van der Waals surface area contributed by atoms with Gasteiger partial charge in [-0.25, -0.2) is 9.67 Å². The van der Waals surface area contributed by atoms with Crippen molar-refractivity contribution in [3.63, 3.8) is 0 Å². The average molecular weight is 470 g/mol. The second-order valence-electron chi connectivity index (χ2n) is 7.58. The zero-order chi connectivity index (χ0) is 22.1. The van der Waals surface area contributed by atoms with E-state index in [-0.39, 0.29) is 12.1 Å². The van der Waals surface area contributed by atoms with Crippen LogP contribution in [0.15, 0.2) is 39.9 Å². The molecule has 1 saturated heterocycles. The predicted octanol–water partition coefficient (Wildman–Crippen LogP) is 3.81. The van der Waals surface area contributed by atoms with Gasteiger partial charge in [-0.15, -0.1) is 11.3 Å². The van der Waals surface area contributed by atoms with Gasteiger partial charge in [0.15, 0.2) is 0 Å². The number of nitrogens with zero attached hydrogens (tertiary/aromatic N) is 7. The summed E-state index contributed by atoms with van der Waals surface area (Å²) in [4.78, 5) is 28.6. The van der Waals surface area contributed by atoms with E-state index < -0.39 is 0 Å². The van der Waals surface area contributed by atoms with Gasteiger partial charge < -0.3 is 9.42 Å². The highest BCUT2D eigenvalue weighted by Crippen LogP contribution is 2.34. The molecule has 11 heteroatoms. The van der Waals surface area contributed by atoms with E-state index in [1.165, 1.54) is 28.5 Å². The number of hydrogen-bond acceptors (Lipinski definition) is 9. The molecule has 9 nitrogen and oxygen atoms in total. The Labute approximate surface area is 192 Å². The molecule has 1 aliphatic rings. The lowest BCUT2D eigenvalue weighted by Crippen LogP contribution is -2.30. The lowest BCUT2D eigenvalue weighted by molar-refractivity contribution is 0.361. The Kier molecular flexibility index (Phi) is 5.71. The number of pyridine rings is 1. The average Bonchev–Trinajstić information content (AvgIpc) is 3.43. The predicted molar refractivity (Wildman–Crippen MR) is 122 cm³/mol. The second kappa shape index (κ2) is 8.79.